The molecule has 0 radical (unpaired) electrons. The standard InChI is InChI=1S/C13H17NO2S/c15-13(16)7-6-11-4-5-12(17-11)10-14-8-2-1-3-9-14/h4-7H,1-3,8-10H2,(H,15,16). The number of aliphatic carboxylic acids is 1. The number of carbonyl (C=O) groups is 1. The van der Waals surface area contributed by atoms with Gasteiger partial charge >= 0.3 is 5.97 Å². The minimum atomic E-state index is -0.893. The van der Waals surface area contributed by atoms with Gasteiger partial charge in [-0.25, -0.2) is 4.79 Å². The maximum atomic E-state index is 10.4. The number of thiophene rings is 1. The summed E-state index contributed by atoms with van der Waals surface area (Å²) in [6.45, 7) is 3.39. The highest BCUT2D eigenvalue weighted by Gasteiger charge is 2.11. The molecule has 0 aliphatic carbocycles. The molecule has 3 nitrogen and oxygen atoms in total. The molecular weight excluding hydrogens is 234 g/mol. The van der Waals surface area contributed by atoms with Crippen LogP contribution in [-0.4, -0.2) is 29.1 Å². The van der Waals surface area contributed by atoms with Crippen molar-refractivity contribution in [1.29, 1.82) is 0 Å². The smallest absolute Gasteiger partial charge is 0.328 e. The van der Waals surface area contributed by atoms with Gasteiger partial charge in [-0.2, -0.15) is 0 Å². The van der Waals surface area contributed by atoms with Crippen LogP contribution < -0.4 is 0 Å². The van der Waals surface area contributed by atoms with E-state index in [2.05, 4.69) is 11.0 Å². The van der Waals surface area contributed by atoms with Crippen molar-refractivity contribution in [2.45, 2.75) is 25.8 Å². The fraction of sp³-hybridized carbons (Fsp3) is 0.462. The van der Waals surface area contributed by atoms with E-state index in [1.165, 1.54) is 43.3 Å². The Hall–Kier alpha value is -1.13. The molecule has 0 bridgehead atoms. The Labute approximate surface area is 105 Å². The van der Waals surface area contributed by atoms with Crippen molar-refractivity contribution in [3.63, 3.8) is 0 Å². The number of carboxylic acids is 1. The highest BCUT2D eigenvalue weighted by molar-refractivity contribution is 7.12. The molecule has 2 rings (SSSR count). The van der Waals surface area contributed by atoms with Gasteiger partial charge in [-0.1, -0.05) is 6.42 Å². The van der Waals surface area contributed by atoms with Crippen LogP contribution in [0, 0.1) is 0 Å². The summed E-state index contributed by atoms with van der Waals surface area (Å²) in [5.74, 6) is -0.893. The Morgan fingerprint density at radius 2 is 2.12 bits per heavy atom. The van der Waals surface area contributed by atoms with Crippen molar-refractivity contribution in [3.8, 4) is 0 Å². The van der Waals surface area contributed by atoms with Crippen molar-refractivity contribution in [3.05, 3.63) is 28.0 Å². The van der Waals surface area contributed by atoms with Gasteiger partial charge in [0.25, 0.3) is 0 Å². The largest absolute Gasteiger partial charge is 0.478 e. The van der Waals surface area contributed by atoms with E-state index in [9.17, 15) is 4.79 Å². The van der Waals surface area contributed by atoms with Gasteiger partial charge in [-0.15, -0.1) is 11.3 Å². The molecule has 2 heterocycles. The van der Waals surface area contributed by atoms with E-state index < -0.39 is 5.97 Å². The molecule has 1 aliphatic rings. The monoisotopic (exact) mass is 251 g/mol. The quantitative estimate of drug-likeness (QED) is 0.837. The highest BCUT2D eigenvalue weighted by Crippen LogP contribution is 2.21. The van der Waals surface area contributed by atoms with Crippen LogP contribution in [0.25, 0.3) is 6.08 Å². The molecule has 17 heavy (non-hydrogen) atoms. The first kappa shape index (κ1) is 12.3. The zero-order valence-corrected chi connectivity index (χ0v) is 10.6. The Balaban J connectivity index is 1.91. The van der Waals surface area contributed by atoms with Crippen LogP contribution in [0.5, 0.6) is 0 Å². The van der Waals surface area contributed by atoms with Crippen molar-refractivity contribution in [2.75, 3.05) is 13.1 Å². The third-order valence-corrected chi connectivity index (χ3v) is 3.94. The van der Waals surface area contributed by atoms with E-state index in [0.29, 0.717) is 0 Å². The summed E-state index contributed by atoms with van der Waals surface area (Å²) in [5, 5.41) is 8.55. The van der Waals surface area contributed by atoms with Crippen molar-refractivity contribution >= 4 is 23.4 Å². The summed E-state index contributed by atoms with van der Waals surface area (Å²) in [4.78, 5) is 15.2. The molecule has 0 spiro atoms. The van der Waals surface area contributed by atoms with E-state index in [1.807, 2.05) is 6.07 Å². The van der Waals surface area contributed by atoms with Gasteiger partial charge in [0.15, 0.2) is 0 Å². The fourth-order valence-corrected chi connectivity index (χ4v) is 3.02. The van der Waals surface area contributed by atoms with Crippen LogP contribution in [-0.2, 0) is 11.3 Å². The van der Waals surface area contributed by atoms with Gasteiger partial charge in [0.1, 0.15) is 0 Å². The van der Waals surface area contributed by atoms with Gasteiger partial charge < -0.3 is 5.11 Å². The minimum Gasteiger partial charge on any atom is -0.478 e. The van der Waals surface area contributed by atoms with Crippen LogP contribution in [0.1, 0.15) is 29.0 Å². The summed E-state index contributed by atoms with van der Waals surface area (Å²) in [5.41, 5.74) is 0. The Morgan fingerprint density at radius 1 is 1.35 bits per heavy atom. The summed E-state index contributed by atoms with van der Waals surface area (Å²) < 4.78 is 0. The summed E-state index contributed by atoms with van der Waals surface area (Å²) in [6.07, 6.45) is 6.81. The van der Waals surface area contributed by atoms with Crippen LogP contribution in [0.3, 0.4) is 0 Å². The normalized spacial score (nSPS) is 17.6. The van der Waals surface area contributed by atoms with E-state index >= 15 is 0 Å². The number of nitrogens with zero attached hydrogens (tertiary/aromatic N) is 1. The van der Waals surface area contributed by atoms with E-state index in [4.69, 9.17) is 5.11 Å². The Morgan fingerprint density at radius 3 is 2.82 bits per heavy atom. The van der Waals surface area contributed by atoms with Gasteiger partial charge in [0.05, 0.1) is 0 Å². The maximum absolute atomic E-state index is 10.4. The molecule has 1 aliphatic heterocycles. The van der Waals surface area contributed by atoms with Gasteiger partial charge in [0.2, 0.25) is 0 Å². The van der Waals surface area contributed by atoms with E-state index in [1.54, 1.807) is 17.4 Å². The second kappa shape index (κ2) is 5.98. The maximum Gasteiger partial charge on any atom is 0.328 e. The molecule has 0 amide bonds. The first-order chi connectivity index (χ1) is 8.24. The molecule has 1 aromatic rings. The van der Waals surface area contributed by atoms with Crippen LogP contribution in [0.15, 0.2) is 18.2 Å². The van der Waals surface area contributed by atoms with Gasteiger partial charge in [-0.3, -0.25) is 4.90 Å². The first-order valence-electron chi connectivity index (χ1n) is 5.96. The van der Waals surface area contributed by atoms with Gasteiger partial charge in [-0.05, 0) is 44.1 Å². The number of rotatable bonds is 4. The molecule has 1 N–H and O–H groups in total. The molecule has 0 atom stereocenters. The Kier molecular flexibility index (Phi) is 4.34. The lowest BCUT2D eigenvalue weighted by Gasteiger charge is -2.25. The highest BCUT2D eigenvalue weighted by atomic mass is 32.1. The topological polar surface area (TPSA) is 40.5 Å². The fourth-order valence-electron chi connectivity index (χ4n) is 2.06. The average molecular weight is 251 g/mol. The predicted octanol–water partition coefficient (Wildman–Crippen LogP) is 2.83. The third-order valence-electron chi connectivity index (χ3n) is 2.90. The number of piperidine rings is 1. The van der Waals surface area contributed by atoms with Crippen LogP contribution >= 0.6 is 11.3 Å². The SMILES string of the molecule is O=C(O)C=Cc1ccc(CN2CCCCC2)s1. The second-order valence-electron chi connectivity index (χ2n) is 4.31. The summed E-state index contributed by atoms with van der Waals surface area (Å²) in [6, 6.07) is 4.09. The third kappa shape index (κ3) is 3.98. The van der Waals surface area contributed by atoms with Crippen LogP contribution in [0.4, 0.5) is 0 Å². The lowest BCUT2D eigenvalue weighted by Crippen LogP contribution is -2.28. The minimum absolute atomic E-state index is 0.893. The molecule has 1 aromatic heterocycles. The predicted molar refractivity (Wildman–Crippen MR) is 70.1 cm³/mol. The summed E-state index contributed by atoms with van der Waals surface area (Å²) in [7, 11) is 0. The average Bonchev–Trinajstić information content (AvgIpc) is 2.75. The van der Waals surface area contributed by atoms with Gasteiger partial charge in [0, 0.05) is 22.4 Å². The van der Waals surface area contributed by atoms with Crippen molar-refractivity contribution < 1.29 is 9.90 Å². The molecule has 1 saturated heterocycles. The first-order valence-corrected chi connectivity index (χ1v) is 6.78. The zero-order chi connectivity index (χ0) is 12.1. The molecule has 4 heteroatoms. The second-order valence-corrected chi connectivity index (χ2v) is 5.51. The number of hydrogen-bond donors (Lipinski definition) is 1. The number of likely N-dealkylation sites (tertiary alicyclic amines) is 1. The number of hydrogen-bond acceptors (Lipinski definition) is 3. The molecule has 0 aromatic carbocycles. The van der Waals surface area contributed by atoms with Crippen LogP contribution in [0.2, 0.25) is 0 Å². The number of carboxylic acid groups (broad SMARTS) is 1. The molecule has 1 fully saturated rings. The van der Waals surface area contributed by atoms with Crippen molar-refractivity contribution in [1.82, 2.24) is 4.90 Å². The van der Waals surface area contributed by atoms with E-state index in [-0.39, 0.29) is 0 Å². The molecular formula is C13H17NO2S. The Bertz CT molecular complexity index is 405. The summed E-state index contributed by atoms with van der Waals surface area (Å²) >= 11 is 1.68. The van der Waals surface area contributed by atoms with Crippen molar-refractivity contribution in [2.24, 2.45) is 0 Å². The lowest BCUT2D eigenvalue weighted by molar-refractivity contribution is -0.131. The molecule has 92 valence electrons. The zero-order valence-electron chi connectivity index (χ0n) is 9.76. The molecule has 0 saturated carbocycles. The lowest BCUT2D eigenvalue weighted by atomic mass is 10.1. The molecule has 0 unspecified atom stereocenters. The van der Waals surface area contributed by atoms with E-state index in [0.717, 1.165) is 11.4 Å².